The van der Waals surface area contributed by atoms with Crippen molar-refractivity contribution in [2.45, 2.75) is 32.1 Å². The number of rotatable bonds is 4. The summed E-state index contributed by atoms with van der Waals surface area (Å²) in [6, 6.07) is 7.14. The number of allylic oxidation sites excluding steroid dienone is 1. The van der Waals surface area contributed by atoms with E-state index in [0.717, 1.165) is 23.7 Å². The highest BCUT2D eigenvalue weighted by atomic mass is 79.9. The number of halogens is 1. The van der Waals surface area contributed by atoms with E-state index in [9.17, 15) is 9.59 Å². The summed E-state index contributed by atoms with van der Waals surface area (Å²) in [5.74, 6) is -1.22. The second-order valence-electron chi connectivity index (χ2n) is 5.08. The molecule has 5 heteroatoms. The highest BCUT2D eigenvalue weighted by Crippen LogP contribution is 2.19. The van der Waals surface area contributed by atoms with Crippen molar-refractivity contribution in [3.05, 3.63) is 40.4 Å². The number of nitrogens with one attached hydrogen (secondary N) is 2. The molecule has 2 amide bonds. The summed E-state index contributed by atoms with van der Waals surface area (Å²) in [5, 5.41) is 5.24. The van der Waals surface area contributed by atoms with Crippen LogP contribution in [-0.4, -0.2) is 18.4 Å². The van der Waals surface area contributed by atoms with Gasteiger partial charge in [-0.05, 0) is 50.3 Å². The van der Waals surface area contributed by atoms with Gasteiger partial charge in [-0.25, -0.2) is 0 Å². The predicted molar refractivity (Wildman–Crippen MR) is 86.9 cm³/mol. The predicted octanol–water partition coefficient (Wildman–Crippen LogP) is 3.39. The molecule has 1 aromatic carbocycles. The molecule has 0 fully saturated rings. The summed E-state index contributed by atoms with van der Waals surface area (Å²) < 4.78 is 0.852. The fourth-order valence-corrected chi connectivity index (χ4v) is 2.70. The lowest BCUT2D eigenvalue weighted by Gasteiger charge is -2.12. The van der Waals surface area contributed by atoms with Crippen LogP contribution in [0.15, 0.2) is 40.4 Å². The number of anilines is 1. The van der Waals surface area contributed by atoms with Crippen LogP contribution in [0.25, 0.3) is 0 Å². The third-order valence-electron chi connectivity index (χ3n) is 3.41. The number of benzene rings is 1. The van der Waals surface area contributed by atoms with Gasteiger partial charge in [0.2, 0.25) is 0 Å². The van der Waals surface area contributed by atoms with Crippen molar-refractivity contribution in [1.82, 2.24) is 5.32 Å². The Hall–Kier alpha value is -1.62. The summed E-state index contributed by atoms with van der Waals surface area (Å²) >= 11 is 3.32. The lowest BCUT2D eigenvalue weighted by molar-refractivity contribution is -0.136. The molecule has 112 valence electrons. The molecule has 0 bridgehead atoms. The monoisotopic (exact) mass is 350 g/mol. The normalized spacial score (nSPS) is 14.2. The number of hydrogen-bond acceptors (Lipinski definition) is 2. The molecular formula is C16H19BrN2O2. The minimum Gasteiger partial charge on any atom is -0.348 e. The molecule has 0 radical (unpaired) electrons. The summed E-state index contributed by atoms with van der Waals surface area (Å²) in [6.45, 7) is 0.510. The van der Waals surface area contributed by atoms with Gasteiger partial charge in [0.25, 0.3) is 0 Å². The minimum absolute atomic E-state index is 0.510. The van der Waals surface area contributed by atoms with E-state index in [1.165, 1.54) is 18.4 Å². The number of carbonyl (C=O) groups excluding carboxylic acids is 2. The smallest absolute Gasteiger partial charge is 0.313 e. The van der Waals surface area contributed by atoms with Crippen molar-refractivity contribution < 1.29 is 9.59 Å². The van der Waals surface area contributed by atoms with E-state index < -0.39 is 11.8 Å². The van der Waals surface area contributed by atoms with Crippen molar-refractivity contribution >= 4 is 33.4 Å². The Labute approximate surface area is 133 Å². The third-order valence-corrected chi connectivity index (χ3v) is 3.90. The van der Waals surface area contributed by atoms with Gasteiger partial charge in [0, 0.05) is 16.7 Å². The molecule has 0 unspecified atom stereocenters. The van der Waals surface area contributed by atoms with Crippen molar-refractivity contribution in [3.63, 3.8) is 0 Å². The molecule has 21 heavy (non-hydrogen) atoms. The molecule has 0 aromatic heterocycles. The van der Waals surface area contributed by atoms with Crippen LogP contribution in [0, 0.1) is 0 Å². The van der Waals surface area contributed by atoms with Gasteiger partial charge in [-0.2, -0.15) is 0 Å². The van der Waals surface area contributed by atoms with Gasteiger partial charge >= 0.3 is 11.8 Å². The maximum Gasteiger partial charge on any atom is 0.313 e. The van der Waals surface area contributed by atoms with Crippen molar-refractivity contribution in [2.24, 2.45) is 0 Å². The first-order chi connectivity index (χ1) is 10.1. The van der Waals surface area contributed by atoms with Crippen LogP contribution < -0.4 is 10.6 Å². The van der Waals surface area contributed by atoms with Crippen LogP contribution in [0.4, 0.5) is 5.69 Å². The summed E-state index contributed by atoms with van der Waals surface area (Å²) in [5.41, 5.74) is 1.98. The molecule has 0 spiro atoms. The molecule has 1 aliphatic carbocycles. The molecule has 1 aliphatic rings. The Morgan fingerprint density at radius 2 is 2.05 bits per heavy atom. The fourth-order valence-electron chi connectivity index (χ4n) is 2.30. The Balaban J connectivity index is 1.75. The average molecular weight is 351 g/mol. The topological polar surface area (TPSA) is 58.2 Å². The molecule has 0 saturated carbocycles. The van der Waals surface area contributed by atoms with Gasteiger partial charge in [-0.15, -0.1) is 0 Å². The number of hydrogen-bond donors (Lipinski definition) is 2. The van der Waals surface area contributed by atoms with Crippen LogP contribution in [0.1, 0.15) is 32.1 Å². The van der Waals surface area contributed by atoms with E-state index in [1.54, 1.807) is 18.2 Å². The Bertz CT molecular complexity index is 555. The number of amides is 2. The van der Waals surface area contributed by atoms with Crippen LogP contribution in [0.3, 0.4) is 0 Å². The highest BCUT2D eigenvalue weighted by molar-refractivity contribution is 9.10. The molecule has 0 aliphatic heterocycles. The molecular weight excluding hydrogens is 332 g/mol. The van der Waals surface area contributed by atoms with Crippen LogP contribution in [-0.2, 0) is 9.59 Å². The van der Waals surface area contributed by atoms with Crippen molar-refractivity contribution in [3.8, 4) is 0 Å². The zero-order chi connectivity index (χ0) is 15.1. The zero-order valence-corrected chi connectivity index (χ0v) is 13.4. The Morgan fingerprint density at radius 3 is 2.76 bits per heavy atom. The molecule has 4 nitrogen and oxygen atoms in total. The molecule has 2 rings (SSSR count). The van der Waals surface area contributed by atoms with E-state index in [0.29, 0.717) is 12.2 Å². The minimum atomic E-state index is -0.634. The van der Waals surface area contributed by atoms with Gasteiger partial charge in [-0.1, -0.05) is 33.6 Å². The molecule has 0 atom stereocenters. The highest BCUT2D eigenvalue weighted by Gasteiger charge is 2.13. The van der Waals surface area contributed by atoms with Crippen molar-refractivity contribution in [2.75, 3.05) is 11.9 Å². The standard InChI is InChI=1S/C16H19BrN2O2/c17-13-7-4-8-14(11-13)19-16(21)15(20)18-10-9-12-5-2-1-3-6-12/h4-5,7-8,11H,1-3,6,9-10H2,(H,18,20)(H,19,21). The van der Waals surface area contributed by atoms with Gasteiger partial charge in [0.05, 0.1) is 0 Å². The Morgan fingerprint density at radius 1 is 1.19 bits per heavy atom. The second-order valence-corrected chi connectivity index (χ2v) is 5.99. The van der Waals surface area contributed by atoms with E-state index in [4.69, 9.17) is 0 Å². The van der Waals surface area contributed by atoms with Crippen LogP contribution >= 0.6 is 15.9 Å². The lowest BCUT2D eigenvalue weighted by Crippen LogP contribution is -2.36. The maximum atomic E-state index is 11.8. The van der Waals surface area contributed by atoms with E-state index >= 15 is 0 Å². The quantitative estimate of drug-likeness (QED) is 0.645. The second kappa shape index (κ2) is 7.98. The first-order valence-corrected chi connectivity index (χ1v) is 7.97. The van der Waals surface area contributed by atoms with E-state index in [1.807, 2.05) is 6.07 Å². The van der Waals surface area contributed by atoms with Gasteiger partial charge in [0.1, 0.15) is 0 Å². The Kier molecular flexibility index (Phi) is 5.99. The molecule has 0 heterocycles. The zero-order valence-electron chi connectivity index (χ0n) is 11.8. The van der Waals surface area contributed by atoms with Crippen LogP contribution in [0.5, 0.6) is 0 Å². The van der Waals surface area contributed by atoms with Crippen LogP contribution in [0.2, 0.25) is 0 Å². The summed E-state index contributed by atoms with van der Waals surface area (Å²) in [4.78, 5) is 23.5. The molecule has 0 saturated heterocycles. The van der Waals surface area contributed by atoms with Gasteiger partial charge in [0.15, 0.2) is 0 Å². The lowest BCUT2D eigenvalue weighted by atomic mass is 9.97. The number of carbonyl (C=O) groups is 2. The van der Waals surface area contributed by atoms with E-state index in [2.05, 4.69) is 32.6 Å². The van der Waals surface area contributed by atoms with Gasteiger partial charge < -0.3 is 10.6 Å². The summed E-state index contributed by atoms with van der Waals surface area (Å²) in [6.07, 6.45) is 7.80. The fraction of sp³-hybridized carbons (Fsp3) is 0.375. The average Bonchev–Trinajstić information content (AvgIpc) is 2.48. The molecule has 2 N–H and O–H groups in total. The maximum absolute atomic E-state index is 11.8. The SMILES string of the molecule is O=C(NCCC1=CCCCC1)C(=O)Nc1cccc(Br)c1. The largest absolute Gasteiger partial charge is 0.348 e. The molecule has 1 aromatic rings. The first kappa shape index (κ1) is 15.8. The third kappa shape index (κ3) is 5.34. The summed E-state index contributed by atoms with van der Waals surface area (Å²) in [7, 11) is 0. The van der Waals surface area contributed by atoms with Gasteiger partial charge in [-0.3, -0.25) is 9.59 Å². The van der Waals surface area contributed by atoms with Crippen molar-refractivity contribution in [1.29, 1.82) is 0 Å². The van der Waals surface area contributed by atoms with E-state index in [-0.39, 0.29) is 0 Å². The first-order valence-electron chi connectivity index (χ1n) is 7.18.